The van der Waals surface area contributed by atoms with E-state index in [9.17, 15) is 14.4 Å². The molecule has 0 bridgehead atoms. The molecule has 0 atom stereocenters. The molecule has 0 saturated carbocycles. The van der Waals surface area contributed by atoms with Gasteiger partial charge in [-0.05, 0) is 35.9 Å². The van der Waals surface area contributed by atoms with Gasteiger partial charge in [0.15, 0.2) is 0 Å². The topological polar surface area (TPSA) is 54.5 Å². The van der Waals surface area contributed by atoms with Crippen LogP contribution in [0, 0.1) is 17.1 Å². The first-order chi connectivity index (χ1) is 11.7. The molecule has 0 unspecified atom stereocenters. The number of halogens is 1. The molecule has 3 rings (SSSR count). The third-order valence-corrected chi connectivity index (χ3v) is 3.50. The number of nitriles is 1. The second-order valence-corrected chi connectivity index (χ2v) is 5.13. The molecule has 0 radical (unpaired) electrons. The van der Waals surface area contributed by atoms with E-state index in [0.717, 1.165) is 5.52 Å². The highest BCUT2D eigenvalue weighted by atomic mass is 19.1. The summed E-state index contributed by atoms with van der Waals surface area (Å²) in [4.78, 5) is 11.8. The van der Waals surface area contributed by atoms with E-state index in [2.05, 4.69) is 6.07 Å². The first kappa shape index (κ1) is 15.5. The van der Waals surface area contributed by atoms with Crippen LogP contribution in [0.2, 0.25) is 0 Å². The molecule has 2 aromatic heterocycles. The second kappa shape index (κ2) is 6.80. The normalized spacial score (nSPS) is 10.8. The molecule has 0 fully saturated rings. The summed E-state index contributed by atoms with van der Waals surface area (Å²) in [6.07, 6.45) is 6.30. The Kier molecular flexibility index (Phi) is 4.39. The van der Waals surface area contributed by atoms with Crippen LogP contribution < -0.4 is 0 Å². The summed E-state index contributed by atoms with van der Waals surface area (Å²) >= 11 is 0. The van der Waals surface area contributed by atoms with Gasteiger partial charge in [-0.25, -0.2) is 9.18 Å². The number of pyridine rings is 1. The average molecular weight is 320 g/mol. The van der Waals surface area contributed by atoms with Crippen LogP contribution in [0.4, 0.5) is 4.39 Å². The number of benzene rings is 1. The van der Waals surface area contributed by atoms with Crippen LogP contribution in [0.3, 0.4) is 0 Å². The Balaban J connectivity index is 1.70. The molecule has 2 heterocycles. The maximum absolute atomic E-state index is 13.1. The first-order valence-electron chi connectivity index (χ1n) is 7.26. The number of carbonyl (C=O) groups is 1. The van der Waals surface area contributed by atoms with E-state index in [1.807, 2.05) is 28.8 Å². The van der Waals surface area contributed by atoms with E-state index in [1.54, 1.807) is 18.3 Å². The Morgan fingerprint density at radius 2 is 2.17 bits per heavy atom. The summed E-state index contributed by atoms with van der Waals surface area (Å²) in [5.41, 5.74) is 2.45. The lowest BCUT2D eigenvalue weighted by Crippen LogP contribution is -2.01. The predicted octanol–water partition coefficient (Wildman–Crippen LogP) is 3.71. The molecular weight excluding hydrogens is 307 g/mol. The first-order valence-corrected chi connectivity index (χ1v) is 7.26. The molecule has 118 valence electrons. The SMILES string of the molecule is N#Cc1c(COC(=O)/C=C/c2cccc(F)c2)cn2ccccc12. The molecule has 0 aliphatic heterocycles. The monoisotopic (exact) mass is 320 g/mol. The fraction of sp³-hybridized carbons (Fsp3) is 0.0526. The van der Waals surface area contributed by atoms with Gasteiger partial charge in [0.05, 0.1) is 11.1 Å². The van der Waals surface area contributed by atoms with Gasteiger partial charge in [-0.3, -0.25) is 0 Å². The number of ether oxygens (including phenoxy) is 1. The highest BCUT2D eigenvalue weighted by Crippen LogP contribution is 2.18. The van der Waals surface area contributed by atoms with Crippen LogP contribution in [0.25, 0.3) is 11.6 Å². The number of hydrogen-bond acceptors (Lipinski definition) is 3. The van der Waals surface area contributed by atoms with Crippen LogP contribution in [0.5, 0.6) is 0 Å². The fourth-order valence-corrected chi connectivity index (χ4v) is 2.39. The maximum Gasteiger partial charge on any atom is 0.331 e. The molecule has 1 aromatic carbocycles. The maximum atomic E-state index is 13.1. The number of hydrogen-bond donors (Lipinski definition) is 0. The Morgan fingerprint density at radius 1 is 1.29 bits per heavy atom. The molecule has 0 saturated heterocycles. The number of nitrogens with zero attached hydrogens (tertiary/aromatic N) is 2. The Hall–Kier alpha value is -3.39. The van der Waals surface area contributed by atoms with Crippen molar-refractivity contribution >= 4 is 17.6 Å². The van der Waals surface area contributed by atoms with E-state index in [1.165, 1.54) is 24.3 Å². The summed E-state index contributed by atoms with van der Waals surface area (Å²) in [6, 6.07) is 13.5. The summed E-state index contributed by atoms with van der Waals surface area (Å²) in [5.74, 6) is -0.928. The van der Waals surface area contributed by atoms with Gasteiger partial charge in [0, 0.05) is 24.0 Å². The number of fused-ring (bicyclic) bond motifs is 1. The minimum atomic E-state index is -0.557. The van der Waals surface area contributed by atoms with E-state index >= 15 is 0 Å². The van der Waals surface area contributed by atoms with Gasteiger partial charge in [-0.1, -0.05) is 18.2 Å². The van der Waals surface area contributed by atoms with Crippen LogP contribution in [0.1, 0.15) is 16.7 Å². The minimum Gasteiger partial charge on any atom is -0.458 e. The largest absolute Gasteiger partial charge is 0.458 e. The number of rotatable bonds is 4. The van der Waals surface area contributed by atoms with Crippen LogP contribution in [-0.4, -0.2) is 10.4 Å². The zero-order chi connectivity index (χ0) is 16.9. The molecule has 0 aliphatic rings. The number of esters is 1. The van der Waals surface area contributed by atoms with Gasteiger partial charge in [-0.2, -0.15) is 5.26 Å². The Labute approximate surface area is 138 Å². The van der Waals surface area contributed by atoms with Crippen LogP contribution >= 0.6 is 0 Å². The molecule has 0 aliphatic carbocycles. The summed E-state index contributed by atoms with van der Waals surface area (Å²) in [6.45, 7) is -0.00308. The van der Waals surface area contributed by atoms with Crippen LogP contribution in [-0.2, 0) is 16.1 Å². The fourth-order valence-electron chi connectivity index (χ4n) is 2.39. The molecular formula is C19H13FN2O2. The third-order valence-electron chi connectivity index (χ3n) is 3.50. The van der Waals surface area contributed by atoms with Crippen molar-refractivity contribution in [1.29, 1.82) is 5.26 Å². The summed E-state index contributed by atoms with van der Waals surface area (Å²) in [7, 11) is 0. The molecule has 0 N–H and O–H groups in total. The number of aromatic nitrogens is 1. The van der Waals surface area contributed by atoms with Crippen molar-refractivity contribution in [3.8, 4) is 6.07 Å². The lowest BCUT2D eigenvalue weighted by atomic mass is 10.2. The average Bonchev–Trinajstić information content (AvgIpc) is 2.95. The zero-order valence-corrected chi connectivity index (χ0v) is 12.6. The molecule has 4 nitrogen and oxygen atoms in total. The molecule has 24 heavy (non-hydrogen) atoms. The predicted molar refractivity (Wildman–Crippen MR) is 87.3 cm³/mol. The zero-order valence-electron chi connectivity index (χ0n) is 12.6. The van der Waals surface area contributed by atoms with Gasteiger partial charge < -0.3 is 9.14 Å². The minimum absolute atomic E-state index is 0.00308. The van der Waals surface area contributed by atoms with Gasteiger partial charge in [0.1, 0.15) is 18.5 Å². The van der Waals surface area contributed by atoms with Crippen molar-refractivity contribution in [2.45, 2.75) is 6.61 Å². The summed E-state index contributed by atoms with van der Waals surface area (Å²) < 4.78 is 20.0. The number of carbonyl (C=O) groups excluding carboxylic acids is 1. The molecule has 0 amide bonds. The Morgan fingerprint density at radius 3 is 2.96 bits per heavy atom. The van der Waals surface area contributed by atoms with E-state index in [4.69, 9.17) is 4.74 Å². The van der Waals surface area contributed by atoms with Crippen molar-refractivity contribution in [3.63, 3.8) is 0 Å². The summed E-state index contributed by atoms with van der Waals surface area (Å²) in [5, 5.41) is 9.30. The Bertz CT molecular complexity index is 967. The standard InChI is InChI=1S/C19H13FN2O2/c20-16-5-3-4-14(10-16)7-8-19(23)24-13-15-12-22-9-2-1-6-18(22)17(15)11-21/h1-10,12H,13H2/b8-7+. The van der Waals surface area contributed by atoms with E-state index < -0.39 is 5.97 Å². The van der Waals surface area contributed by atoms with Gasteiger partial charge in [0.2, 0.25) is 0 Å². The molecule has 5 heteroatoms. The van der Waals surface area contributed by atoms with Gasteiger partial charge in [0.25, 0.3) is 0 Å². The van der Waals surface area contributed by atoms with Crippen molar-refractivity contribution < 1.29 is 13.9 Å². The highest BCUT2D eigenvalue weighted by Gasteiger charge is 2.11. The quantitative estimate of drug-likeness (QED) is 0.544. The van der Waals surface area contributed by atoms with E-state index in [0.29, 0.717) is 16.7 Å². The van der Waals surface area contributed by atoms with Crippen molar-refractivity contribution in [3.05, 3.63) is 83.4 Å². The van der Waals surface area contributed by atoms with Crippen molar-refractivity contribution in [2.24, 2.45) is 0 Å². The second-order valence-electron chi connectivity index (χ2n) is 5.13. The van der Waals surface area contributed by atoms with Gasteiger partial charge >= 0.3 is 5.97 Å². The van der Waals surface area contributed by atoms with Crippen molar-refractivity contribution in [2.75, 3.05) is 0 Å². The van der Waals surface area contributed by atoms with Crippen LogP contribution in [0.15, 0.2) is 60.9 Å². The lowest BCUT2D eigenvalue weighted by Gasteiger charge is -2.00. The molecule has 3 aromatic rings. The van der Waals surface area contributed by atoms with E-state index in [-0.39, 0.29) is 12.4 Å². The third kappa shape index (κ3) is 3.33. The highest BCUT2D eigenvalue weighted by molar-refractivity contribution is 5.87. The molecule has 0 spiro atoms. The smallest absolute Gasteiger partial charge is 0.331 e. The van der Waals surface area contributed by atoms with Crippen molar-refractivity contribution in [1.82, 2.24) is 4.40 Å². The van der Waals surface area contributed by atoms with Gasteiger partial charge in [-0.15, -0.1) is 0 Å². The lowest BCUT2D eigenvalue weighted by molar-refractivity contribution is -0.138.